The highest BCUT2D eigenvalue weighted by Gasteiger charge is 2.31. The smallest absolute Gasteiger partial charge is 0.0641 e. The summed E-state index contributed by atoms with van der Waals surface area (Å²) in [6, 6.07) is 59.9. The van der Waals surface area contributed by atoms with Gasteiger partial charge in [0.05, 0.1) is 22.6 Å². The molecule has 4 heterocycles. The second-order valence-electron chi connectivity index (χ2n) is 14.2. The van der Waals surface area contributed by atoms with Crippen molar-refractivity contribution in [3.05, 3.63) is 187 Å². The average Bonchev–Trinajstić information content (AvgIpc) is 3.52. The molecule has 0 saturated carbocycles. The lowest BCUT2D eigenvalue weighted by atomic mass is 9.97. The van der Waals surface area contributed by atoms with Crippen molar-refractivity contribution in [3.8, 4) is 39.2 Å². The van der Waals surface area contributed by atoms with Gasteiger partial charge in [-0.25, -0.2) is 0 Å². The molecular weight excluding hydrogens is 657 g/mol. The van der Waals surface area contributed by atoms with Crippen LogP contribution in [0, 0.1) is 0 Å². The summed E-state index contributed by atoms with van der Waals surface area (Å²) in [7, 11) is 0. The number of nitrogens with zero attached hydrogens (tertiary/aromatic N) is 2. The van der Waals surface area contributed by atoms with Crippen molar-refractivity contribution < 1.29 is 0 Å². The third-order valence-electron chi connectivity index (χ3n) is 11.2. The van der Waals surface area contributed by atoms with Crippen LogP contribution in [0.2, 0.25) is 0 Å². The Morgan fingerprint density at radius 1 is 0.500 bits per heavy atom. The van der Waals surface area contributed by atoms with E-state index in [1.807, 2.05) is 0 Å². The fraction of sp³-hybridized carbons (Fsp3) is 0.0400. The van der Waals surface area contributed by atoms with Crippen LogP contribution in [0.15, 0.2) is 170 Å². The van der Waals surface area contributed by atoms with Gasteiger partial charge in [0.25, 0.3) is 0 Å². The van der Waals surface area contributed by atoms with Crippen LogP contribution in [0.3, 0.4) is 0 Å². The van der Waals surface area contributed by atoms with Gasteiger partial charge < -0.3 is 20.1 Å². The van der Waals surface area contributed by atoms with Gasteiger partial charge in [-0.15, -0.1) is 0 Å². The third kappa shape index (κ3) is 4.77. The number of rotatable bonds is 4. The van der Waals surface area contributed by atoms with Crippen LogP contribution in [0.5, 0.6) is 0 Å². The van der Waals surface area contributed by atoms with Gasteiger partial charge in [0, 0.05) is 63.5 Å². The predicted octanol–water partition coefficient (Wildman–Crippen LogP) is 12.8. The monoisotopic (exact) mass is 692 g/mol. The number of hydrogen-bond donors (Lipinski definition) is 2. The van der Waals surface area contributed by atoms with E-state index in [4.69, 9.17) is 0 Å². The minimum absolute atomic E-state index is 0.806. The van der Waals surface area contributed by atoms with Crippen LogP contribution in [-0.4, -0.2) is 17.7 Å². The zero-order valence-corrected chi connectivity index (χ0v) is 29.6. The molecule has 0 saturated heterocycles. The SMILES string of the molecule is C1=Cc2cccc(-c3ccc(-n4c5c(c6ccccc64)-c4ccccc4N(c4ccc(C6=Cc7ccccc7NC6)cc4)c4ccccc4-5)cc3)c2NC1. The minimum Gasteiger partial charge on any atom is -0.381 e. The van der Waals surface area contributed by atoms with Gasteiger partial charge in [0.15, 0.2) is 0 Å². The molecule has 4 heteroatoms. The van der Waals surface area contributed by atoms with Crippen molar-refractivity contribution in [2.45, 2.75) is 0 Å². The minimum atomic E-state index is 0.806. The van der Waals surface area contributed by atoms with E-state index in [9.17, 15) is 0 Å². The molecule has 3 aliphatic heterocycles. The third-order valence-corrected chi connectivity index (χ3v) is 11.2. The van der Waals surface area contributed by atoms with Crippen LogP contribution in [-0.2, 0) is 0 Å². The largest absolute Gasteiger partial charge is 0.381 e. The lowest BCUT2D eigenvalue weighted by molar-refractivity contribution is 1.13. The number of hydrogen-bond acceptors (Lipinski definition) is 3. The normalized spacial score (nSPS) is 13.7. The highest BCUT2D eigenvalue weighted by Crippen LogP contribution is 2.54. The van der Waals surface area contributed by atoms with Crippen molar-refractivity contribution in [2.75, 3.05) is 28.6 Å². The Morgan fingerprint density at radius 2 is 1.17 bits per heavy atom. The average molecular weight is 693 g/mol. The van der Waals surface area contributed by atoms with E-state index in [1.54, 1.807) is 0 Å². The maximum absolute atomic E-state index is 3.60. The molecule has 2 N–H and O–H groups in total. The molecule has 4 nitrogen and oxygen atoms in total. The summed E-state index contributed by atoms with van der Waals surface area (Å²) in [5, 5.41) is 8.44. The molecule has 8 aromatic rings. The molecule has 3 aliphatic rings. The second kappa shape index (κ2) is 12.3. The zero-order valence-electron chi connectivity index (χ0n) is 29.6. The number of anilines is 5. The van der Waals surface area contributed by atoms with Gasteiger partial charge in [-0.1, -0.05) is 127 Å². The van der Waals surface area contributed by atoms with Gasteiger partial charge >= 0.3 is 0 Å². The molecule has 54 heavy (non-hydrogen) atoms. The van der Waals surface area contributed by atoms with E-state index in [0.717, 1.165) is 35.8 Å². The maximum Gasteiger partial charge on any atom is 0.0641 e. The van der Waals surface area contributed by atoms with Gasteiger partial charge in [-0.2, -0.15) is 0 Å². The number of nitrogens with one attached hydrogen (secondary N) is 2. The lowest BCUT2D eigenvalue weighted by Gasteiger charge is -2.28. The summed E-state index contributed by atoms with van der Waals surface area (Å²) in [5.41, 5.74) is 20.4. The molecule has 0 atom stereocenters. The van der Waals surface area contributed by atoms with E-state index in [2.05, 4.69) is 202 Å². The quantitative estimate of drug-likeness (QED) is 0.193. The Morgan fingerprint density at radius 3 is 2.04 bits per heavy atom. The fourth-order valence-electron chi connectivity index (χ4n) is 8.70. The van der Waals surface area contributed by atoms with E-state index < -0.39 is 0 Å². The summed E-state index contributed by atoms with van der Waals surface area (Å²) < 4.78 is 2.47. The Kier molecular flexibility index (Phi) is 6.96. The second-order valence-corrected chi connectivity index (χ2v) is 14.2. The summed E-state index contributed by atoms with van der Waals surface area (Å²) in [4.78, 5) is 2.44. The molecule has 0 bridgehead atoms. The standard InChI is InChI=1S/C50H36N4/c1-5-18-44-36(11-1)31-37(32-52-44)33-22-26-38(27-23-33)53-45-19-6-2-14-41(45)48-42-15-3-7-20-46(42)54(50(48)43-16-4-8-21-47(43)53)39-28-24-34(25-29-39)40-17-9-12-35-13-10-30-51-49(35)40/h1-29,31,51-52H,30,32H2. The lowest BCUT2D eigenvalue weighted by Crippen LogP contribution is -2.12. The zero-order chi connectivity index (χ0) is 35.6. The van der Waals surface area contributed by atoms with Gasteiger partial charge in [0.1, 0.15) is 0 Å². The molecule has 11 rings (SSSR count). The summed E-state index contributed by atoms with van der Waals surface area (Å²) in [6.45, 7) is 1.65. The Labute approximate surface area is 315 Å². The van der Waals surface area contributed by atoms with Crippen LogP contribution in [0.1, 0.15) is 16.7 Å². The molecule has 0 fully saturated rings. The van der Waals surface area contributed by atoms with Crippen molar-refractivity contribution in [2.24, 2.45) is 0 Å². The summed E-state index contributed by atoms with van der Waals surface area (Å²) in [6.07, 6.45) is 6.70. The number of benzene rings is 7. The maximum atomic E-state index is 3.60. The molecule has 0 unspecified atom stereocenters. The van der Waals surface area contributed by atoms with Crippen molar-refractivity contribution in [3.63, 3.8) is 0 Å². The molecule has 1 aromatic heterocycles. The Hall–Kier alpha value is -7.04. The molecule has 0 radical (unpaired) electrons. The first kappa shape index (κ1) is 30.6. The predicted molar refractivity (Wildman–Crippen MR) is 228 cm³/mol. The van der Waals surface area contributed by atoms with E-state index in [0.29, 0.717) is 0 Å². The topological polar surface area (TPSA) is 32.2 Å². The number of para-hydroxylation sites is 5. The molecular formula is C50H36N4. The van der Waals surface area contributed by atoms with Crippen molar-refractivity contribution in [1.29, 1.82) is 0 Å². The first-order valence-corrected chi connectivity index (χ1v) is 18.7. The molecule has 7 aromatic carbocycles. The highest BCUT2D eigenvalue weighted by molar-refractivity contribution is 6.13. The van der Waals surface area contributed by atoms with E-state index >= 15 is 0 Å². The van der Waals surface area contributed by atoms with Gasteiger partial charge in [-0.05, 0) is 82.4 Å². The first-order chi connectivity index (χ1) is 26.8. The summed E-state index contributed by atoms with van der Waals surface area (Å²) in [5.74, 6) is 0. The molecule has 0 aliphatic carbocycles. The number of aromatic nitrogens is 1. The Balaban J connectivity index is 1.08. The molecule has 0 amide bonds. The molecule has 0 spiro atoms. The van der Waals surface area contributed by atoms with Crippen molar-refractivity contribution >= 4 is 57.1 Å². The van der Waals surface area contributed by atoms with Crippen LogP contribution in [0.25, 0.3) is 67.8 Å². The van der Waals surface area contributed by atoms with Crippen LogP contribution >= 0.6 is 0 Å². The summed E-state index contributed by atoms with van der Waals surface area (Å²) >= 11 is 0. The van der Waals surface area contributed by atoms with E-state index in [1.165, 1.54) is 78.1 Å². The molecule has 256 valence electrons. The van der Waals surface area contributed by atoms with E-state index in [-0.39, 0.29) is 0 Å². The fourth-order valence-corrected chi connectivity index (χ4v) is 8.70. The Bertz CT molecular complexity index is 2820. The van der Waals surface area contributed by atoms with Gasteiger partial charge in [-0.3, -0.25) is 0 Å². The first-order valence-electron chi connectivity index (χ1n) is 18.7. The van der Waals surface area contributed by atoms with Crippen LogP contribution in [0.4, 0.5) is 28.4 Å². The number of fused-ring (bicyclic) bond motifs is 9. The van der Waals surface area contributed by atoms with Crippen molar-refractivity contribution in [1.82, 2.24) is 4.57 Å². The highest BCUT2D eigenvalue weighted by atomic mass is 15.2. The van der Waals surface area contributed by atoms with Gasteiger partial charge in [0.2, 0.25) is 0 Å². The van der Waals surface area contributed by atoms with Crippen LogP contribution < -0.4 is 15.5 Å².